The Morgan fingerprint density at radius 1 is 1.16 bits per heavy atom. The van der Waals surface area contributed by atoms with E-state index in [0.717, 1.165) is 31.2 Å². The van der Waals surface area contributed by atoms with E-state index in [-0.39, 0.29) is 30.9 Å². The standard InChI is InChI=1S/C20H29ClN2O4.CHO2.Li/c1-20(2,3)27-19(26)23-16-10-8-15(9-11-16)22-17(18(24)25)12-13-4-6-14(21)7-5-13;2-1-3;/h4-7,15-17,22H,8-12H2,1-3H3,(H,23,26)(H,24,25);(H,2,3);/q;-1;+1/t15-,16+,17-;;/m1../s1. The SMILES string of the molecule is CC(C)(C)OC(=O)N[C@H]1CC[C@@H](N[C@H](Cc2ccc(Cl)cc2)C(=O)O)CC1.O=[C-]O.[Li+]. The summed E-state index contributed by atoms with van der Waals surface area (Å²) in [7, 11) is 0. The predicted molar refractivity (Wildman–Crippen MR) is 113 cm³/mol. The van der Waals surface area contributed by atoms with Crippen molar-refractivity contribution < 1.29 is 48.2 Å². The molecule has 1 aliphatic carbocycles. The number of aliphatic carboxylic acids is 1. The van der Waals surface area contributed by atoms with Gasteiger partial charge in [0.2, 0.25) is 0 Å². The van der Waals surface area contributed by atoms with E-state index in [0.29, 0.717) is 17.9 Å². The van der Waals surface area contributed by atoms with Crippen LogP contribution in [0.2, 0.25) is 5.02 Å². The maximum absolute atomic E-state index is 11.9. The Bertz CT molecular complexity index is 688. The summed E-state index contributed by atoms with van der Waals surface area (Å²) in [4.78, 5) is 31.7. The topological polar surface area (TPSA) is 125 Å². The van der Waals surface area contributed by atoms with Crippen molar-refractivity contribution in [2.24, 2.45) is 0 Å². The minimum atomic E-state index is -0.862. The molecule has 1 aromatic carbocycles. The largest absolute Gasteiger partial charge is 1.00 e. The van der Waals surface area contributed by atoms with Gasteiger partial charge in [-0.3, -0.25) is 4.79 Å². The third-order valence-electron chi connectivity index (χ3n) is 4.54. The first-order chi connectivity index (χ1) is 14.0. The first-order valence-corrected chi connectivity index (χ1v) is 10.2. The molecule has 1 saturated carbocycles. The van der Waals surface area contributed by atoms with Crippen molar-refractivity contribution >= 4 is 30.1 Å². The zero-order chi connectivity index (χ0) is 22.7. The third kappa shape index (κ3) is 12.7. The molecule has 0 saturated heterocycles. The molecule has 0 heterocycles. The molecule has 1 aromatic rings. The number of hydrogen-bond donors (Lipinski definition) is 4. The van der Waals surface area contributed by atoms with Crippen LogP contribution in [0.1, 0.15) is 52.0 Å². The number of amides is 1. The third-order valence-corrected chi connectivity index (χ3v) is 4.79. The molecule has 168 valence electrons. The molecule has 1 amide bonds. The molecule has 0 radical (unpaired) electrons. The second-order valence-electron chi connectivity index (χ2n) is 8.17. The van der Waals surface area contributed by atoms with E-state index < -0.39 is 23.7 Å². The zero-order valence-electron chi connectivity index (χ0n) is 18.5. The van der Waals surface area contributed by atoms with Gasteiger partial charge in [-0.15, -0.1) is 0 Å². The summed E-state index contributed by atoms with van der Waals surface area (Å²) < 4.78 is 5.29. The van der Waals surface area contributed by atoms with Gasteiger partial charge in [0.05, 0.1) is 0 Å². The number of benzene rings is 1. The molecule has 0 spiro atoms. The molecule has 0 aliphatic heterocycles. The van der Waals surface area contributed by atoms with Gasteiger partial charge in [0.15, 0.2) is 0 Å². The van der Waals surface area contributed by atoms with Crippen molar-refractivity contribution in [1.82, 2.24) is 10.6 Å². The fourth-order valence-corrected chi connectivity index (χ4v) is 3.36. The maximum Gasteiger partial charge on any atom is 1.00 e. The monoisotopic (exact) mass is 448 g/mol. The summed E-state index contributed by atoms with van der Waals surface area (Å²) in [5.74, 6) is -0.862. The van der Waals surface area contributed by atoms with E-state index >= 15 is 0 Å². The summed E-state index contributed by atoms with van der Waals surface area (Å²) in [5, 5.41) is 23.1. The van der Waals surface area contributed by atoms with Gasteiger partial charge < -0.3 is 30.4 Å². The molecule has 8 nitrogen and oxygen atoms in total. The molecule has 1 fully saturated rings. The van der Waals surface area contributed by atoms with Crippen molar-refractivity contribution in [2.75, 3.05) is 0 Å². The van der Waals surface area contributed by atoms with Crippen LogP contribution in [-0.2, 0) is 20.7 Å². The van der Waals surface area contributed by atoms with E-state index in [4.69, 9.17) is 26.2 Å². The molecule has 0 aromatic heterocycles. The van der Waals surface area contributed by atoms with Crippen LogP contribution in [-0.4, -0.2) is 52.5 Å². The average Bonchev–Trinajstić information content (AvgIpc) is 2.63. The summed E-state index contributed by atoms with van der Waals surface area (Å²) >= 11 is 5.88. The van der Waals surface area contributed by atoms with Crippen molar-refractivity contribution in [3.63, 3.8) is 0 Å². The molecular formula is C21H30ClLiN2O6. The second-order valence-corrected chi connectivity index (χ2v) is 8.61. The Kier molecular flexibility index (Phi) is 13.6. The van der Waals surface area contributed by atoms with Crippen LogP contribution >= 0.6 is 11.6 Å². The van der Waals surface area contributed by atoms with Crippen LogP contribution in [0.3, 0.4) is 0 Å². The Hall–Kier alpha value is -1.72. The number of carbonyl (C=O) groups excluding carboxylic acids is 1. The van der Waals surface area contributed by atoms with Gasteiger partial charge >= 0.3 is 30.9 Å². The van der Waals surface area contributed by atoms with Gasteiger partial charge in [0.1, 0.15) is 11.6 Å². The van der Waals surface area contributed by atoms with Crippen LogP contribution in [0.4, 0.5) is 4.79 Å². The number of carbonyl (C=O) groups is 2. The number of alkyl carbamates (subject to hydrolysis) is 1. The first kappa shape index (κ1) is 29.3. The number of rotatable bonds is 6. The quantitative estimate of drug-likeness (QED) is 0.366. The van der Waals surface area contributed by atoms with Crippen molar-refractivity contribution in [2.45, 2.75) is 76.6 Å². The molecule has 0 bridgehead atoms. The van der Waals surface area contributed by atoms with Crippen molar-refractivity contribution in [3.05, 3.63) is 34.9 Å². The molecule has 0 unspecified atom stereocenters. The van der Waals surface area contributed by atoms with Crippen LogP contribution < -0.4 is 29.5 Å². The van der Waals surface area contributed by atoms with Gasteiger partial charge in [-0.05, 0) is 70.6 Å². The molecule has 1 aliphatic rings. The molecule has 2 rings (SSSR count). The fraction of sp³-hybridized carbons (Fsp3) is 0.571. The summed E-state index contributed by atoms with van der Waals surface area (Å²) in [6, 6.07) is 6.77. The Morgan fingerprint density at radius 3 is 2.10 bits per heavy atom. The number of nitrogens with one attached hydrogen (secondary N) is 2. The smallest absolute Gasteiger partial charge is 0.665 e. The van der Waals surface area contributed by atoms with Gasteiger partial charge in [-0.25, -0.2) is 4.79 Å². The molecule has 1 atom stereocenters. The fourth-order valence-electron chi connectivity index (χ4n) is 3.24. The zero-order valence-corrected chi connectivity index (χ0v) is 19.2. The van der Waals surface area contributed by atoms with Gasteiger partial charge in [0, 0.05) is 17.1 Å². The molecular weight excluding hydrogens is 419 g/mol. The van der Waals surface area contributed by atoms with E-state index in [9.17, 15) is 14.7 Å². The van der Waals surface area contributed by atoms with E-state index in [2.05, 4.69) is 10.6 Å². The van der Waals surface area contributed by atoms with Crippen LogP contribution in [0.15, 0.2) is 24.3 Å². The van der Waals surface area contributed by atoms with Gasteiger partial charge in [-0.2, -0.15) is 0 Å². The second kappa shape index (κ2) is 14.4. The van der Waals surface area contributed by atoms with Crippen molar-refractivity contribution in [1.29, 1.82) is 0 Å². The number of hydrogen-bond acceptors (Lipinski definition) is 5. The van der Waals surface area contributed by atoms with Gasteiger partial charge in [0.25, 0.3) is 0 Å². The first-order valence-electron chi connectivity index (χ1n) is 9.78. The maximum atomic E-state index is 11.9. The van der Waals surface area contributed by atoms with E-state index in [1.165, 1.54) is 0 Å². The Morgan fingerprint density at radius 2 is 1.65 bits per heavy atom. The summed E-state index contributed by atoms with van der Waals surface area (Å²) in [5.41, 5.74) is 0.415. The van der Waals surface area contributed by atoms with E-state index in [1.807, 2.05) is 32.9 Å². The average molecular weight is 449 g/mol. The van der Waals surface area contributed by atoms with Crippen LogP contribution in [0, 0.1) is 0 Å². The summed E-state index contributed by atoms with van der Waals surface area (Å²) in [6.45, 7) is 6.00. The van der Waals surface area contributed by atoms with Crippen LogP contribution in [0.5, 0.6) is 0 Å². The number of carboxylic acid groups (broad SMARTS) is 1. The Balaban J connectivity index is 0.00000212. The number of carboxylic acids is 1. The number of halogens is 1. The molecule has 4 N–H and O–H groups in total. The minimum absolute atomic E-state index is 0. The molecule has 10 heteroatoms. The normalized spacial score (nSPS) is 19.0. The Labute approximate surface area is 200 Å². The van der Waals surface area contributed by atoms with Gasteiger partial charge in [-0.1, -0.05) is 30.2 Å². The predicted octanol–water partition coefficient (Wildman–Crippen LogP) is 0.377. The van der Waals surface area contributed by atoms with E-state index in [1.54, 1.807) is 12.1 Å². The number of ether oxygens (including phenoxy) is 1. The van der Waals surface area contributed by atoms with Crippen LogP contribution in [0.25, 0.3) is 0 Å². The summed E-state index contributed by atoms with van der Waals surface area (Å²) in [6.07, 6.45) is 3.22. The minimum Gasteiger partial charge on any atom is -0.665 e. The number of aliphatic hydroxyl groups excluding tert-OH is 1. The molecule has 31 heavy (non-hydrogen) atoms. The van der Waals surface area contributed by atoms with Crippen molar-refractivity contribution in [3.8, 4) is 0 Å².